The van der Waals surface area contributed by atoms with E-state index in [1.165, 1.54) is 116 Å². The van der Waals surface area contributed by atoms with Crippen LogP contribution in [-0.4, -0.2) is 49.3 Å². The summed E-state index contributed by atoms with van der Waals surface area (Å²) in [6, 6.07) is 0. The summed E-state index contributed by atoms with van der Waals surface area (Å²) in [5.41, 5.74) is 5.34. The highest BCUT2D eigenvalue weighted by atomic mass is 31.2. The monoisotopic (exact) mass is 784 g/mol. The van der Waals surface area contributed by atoms with Crippen LogP contribution in [0.4, 0.5) is 0 Å². The Hall–Kier alpha value is -1.77. The maximum absolute atomic E-state index is 12.6. The molecule has 54 heavy (non-hydrogen) atoms. The molecule has 0 aromatic heterocycles. The second-order valence-corrected chi connectivity index (χ2v) is 16.0. The fourth-order valence-corrected chi connectivity index (χ4v) is 6.76. The highest BCUT2D eigenvalue weighted by molar-refractivity contribution is 7.47. The number of hydrogen-bond acceptors (Lipinski definition) is 8. The Kier molecular flexibility index (Phi) is 39.5. The van der Waals surface area contributed by atoms with Crippen molar-refractivity contribution in [2.75, 3.05) is 26.4 Å². The highest BCUT2D eigenvalue weighted by Gasteiger charge is 2.26. The van der Waals surface area contributed by atoms with Gasteiger partial charge in [-0.15, -0.1) is 0 Å². The topological polar surface area (TPSA) is 134 Å². The van der Waals surface area contributed by atoms with Gasteiger partial charge in [-0.1, -0.05) is 172 Å². The van der Waals surface area contributed by atoms with E-state index < -0.39 is 32.5 Å². The Bertz CT molecular complexity index is 986. The lowest BCUT2D eigenvalue weighted by atomic mass is 10.0. The first-order valence-electron chi connectivity index (χ1n) is 22.0. The molecule has 0 radical (unpaired) electrons. The van der Waals surface area contributed by atoms with Crippen LogP contribution in [0.5, 0.6) is 0 Å². The van der Waals surface area contributed by atoms with Crippen LogP contribution in [0.25, 0.3) is 0 Å². The maximum Gasteiger partial charge on any atom is 0.472 e. The molecule has 316 valence electrons. The Labute approximate surface area is 331 Å². The molecule has 3 N–H and O–H groups in total. The number of hydrogen-bond donors (Lipinski definition) is 2. The molecule has 0 aliphatic heterocycles. The number of nitrogens with two attached hydrogens (primary N) is 1. The fourth-order valence-electron chi connectivity index (χ4n) is 5.99. The van der Waals surface area contributed by atoms with E-state index in [2.05, 4.69) is 50.3 Å². The molecular weight excluding hydrogens is 701 g/mol. The van der Waals surface area contributed by atoms with Gasteiger partial charge < -0.3 is 20.1 Å². The fraction of sp³-hybridized carbons (Fsp3) is 0.818. The molecule has 10 heteroatoms. The van der Waals surface area contributed by atoms with Crippen molar-refractivity contribution < 1.29 is 37.6 Å². The van der Waals surface area contributed by atoms with Crippen molar-refractivity contribution in [3.8, 4) is 0 Å². The molecule has 0 amide bonds. The minimum atomic E-state index is -4.38. The van der Waals surface area contributed by atoms with E-state index in [9.17, 15) is 19.0 Å². The highest BCUT2D eigenvalue weighted by Crippen LogP contribution is 2.43. The largest absolute Gasteiger partial charge is 0.472 e. The predicted molar refractivity (Wildman–Crippen MR) is 224 cm³/mol. The number of rotatable bonds is 41. The quantitative estimate of drug-likeness (QED) is 0.0269. The molecule has 0 spiro atoms. The van der Waals surface area contributed by atoms with Gasteiger partial charge in [0.05, 0.1) is 13.2 Å². The molecule has 0 fully saturated rings. The lowest BCUT2D eigenvalue weighted by molar-refractivity contribution is -0.161. The molecule has 0 bridgehead atoms. The third-order valence-corrected chi connectivity index (χ3v) is 10.3. The Morgan fingerprint density at radius 2 is 0.963 bits per heavy atom. The number of allylic oxidation sites excluding steroid dienone is 6. The standard InChI is InChI=1S/C44H82NO8P/c1-3-5-7-9-11-13-15-17-19-20-21-23-25-27-29-31-33-35-37-44(47)53-42(41-52-54(48,49)51-39-38-45)40-50-43(46)36-34-32-30-28-26-24-22-18-16-14-12-10-8-6-4-2/h12,14,18,22,26,28,42H,3-11,13,15-17,19-21,23-25,27,29-41,45H2,1-2H3,(H,48,49)/b14-12+,22-18+,28-26+/t42-/m1/s1. The molecule has 0 heterocycles. The van der Waals surface area contributed by atoms with Gasteiger partial charge in [0.2, 0.25) is 0 Å². The van der Waals surface area contributed by atoms with Crippen LogP contribution in [0.3, 0.4) is 0 Å². The second kappa shape index (κ2) is 40.9. The predicted octanol–water partition coefficient (Wildman–Crippen LogP) is 12.6. The van der Waals surface area contributed by atoms with Gasteiger partial charge in [0.25, 0.3) is 0 Å². The van der Waals surface area contributed by atoms with Crippen molar-refractivity contribution in [2.24, 2.45) is 5.73 Å². The van der Waals surface area contributed by atoms with Crippen molar-refractivity contribution in [2.45, 2.75) is 206 Å². The van der Waals surface area contributed by atoms with E-state index in [0.717, 1.165) is 44.9 Å². The van der Waals surface area contributed by atoms with Crippen LogP contribution in [0.15, 0.2) is 36.5 Å². The molecule has 0 aliphatic rings. The zero-order valence-electron chi connectivity index (χ0n) is 34.7. The van der Waals surface area contributed by atoms with Gasteiger partial charge in [-0.3, -0.25) is 18.6 Å². The average Bonchev–Trinajstić information content (AvgIpc) is 3.16. The Morgan fingerprint density at radius 1 is 0.556 bits per heavy atom. The van der Waals surface area contributed by atoms with Gasteiger partial charge in [-0.2, -0.15) is 0 Å². The third-order valence-electron chi connectivity index (χ3n) is 9.28. The summed E-state index contributed by atoms with van der Waals surface area (Å²) in [4.78, 5) is 34.8. The third kappa shape index (κ3) is 39.9. The summed E-state index contributed by atoms with van der Waals surface area (Å²) in [5, 5.41) is 0. The maximum atomic E-state index is 12.6. The van der Waals surface area contributed by atoms with Crippen LogP contribution < -0.4 is 5.73 Å². The van der Waals surface area contributed by atoms with Gasteiger partial charge in [0.1, 0.15) is 6.61 Å². The molecule has 0 aromatic rings. The second-order valence-electron chi connectivity index (χ2n) is 14.6. The molecule has 0 saturated carbocycles. The molecule has 0 saturated heterocycles. The van der Waals surface area contributed by atoms with Crippen molar-refractivity contribution in [3.63, 3.8) is 0 Å². The van der Waals surface area contributed by atoms with Gasteiger partial charge >= 0.3 is 19.8 Å². The molecule has 9 nitrogen and oxygen atoms in total. The van der Waals surface area contributed by atoms with Crippen molar-refractivity contribution in [1.82, 2.24) is 0 Å². The minimum absolute atomic E-state index is 0.0489. The first-order chi connectivity index (χ1) is 26.3. The van der Waals surface area contributed by atoms with Crippen molar-refractivity contribution in [3.05, 3.63) is 36.5 Å². The molecule has 2 atom stereocenters. The molecule has 0 rings (SSSR count). The van der Waals surface area contributed by atoms with Gasteiger partial charge in [-0.05, 0) is 51.4 Å². The van der Waals surface area contributed by atoms with Crippen LogP contribution >= 0.6 is 7.82 Å². The first-order valence-corrected chi connectivity index (χ1v) is 23.5. The summed E-state index contributed by atoms with van der Waals surface area (Å²) < 4.78 is 32.7. The van der Waals surface area contributed by atoms with E-state index in [4.69, 9.17) is 24.3 Å². The minimum Gasteiger partial charge on any atom is -0.462 e. The number of unbranched alkanes of at least 4 members (excludes halogenated alkanes) is 22. The normalized spacial score (nSPS) is 13.6. The van der Waals surface area contributed by atoms with Gasteiger partial charge in [-0.25, -0.2) is 4.57 Å². The summed E-state index contributed by atoms with van der Waals surface area (Å²) >= 11 is 0. The molecule has 1 unspecified atom stereocenters. The number of esters is 2. The van der Waals surface area contributed by atoms with E-state index in [1.807, 2.05) is 0 Å². The van der Waals surface area contributed by atoms with Crippen molar-refractivity contribution >= 4 is 19.8 Å². The SMILES string of the molecule is CCCCC/C=C/C/C=C/C/C=C/CCCCC(=O)OC[C@H](COP(=O)(O)OCCN)OC(=O)CCCCCCCCCCCCCCCCCCCC. The van der Waals surface area contributed by atoms with E-state index in [1.54, 1.807) is 0 Å². The van der Waals surface area contributed by atoms with E-state index in [-0.39, 0.29) is 32.6 Å². The molecular formula is C44H82NO8P. The summed E-state index contributed by atoms with van der Waals surface area (Å²) in [6.07, 6.45) is 44.6. The Balaban J connectivity index is 4.17. The molecule has 0 aromatic carbocycles. The number of carbonyl (C=O) groups is 2. The number of ether oxygens (including phenoxy) is 2. The van der Waals surface area contributed by atoms with Crippen LogP contribution in [0.1, 0.15) is 200 Å². The lowest BCUT2D eigenvalue weighted by Gasteiger charge is -2.19. The van der Waals surface area contributed by atoms with Crippen LogP contribution in [0, 0.1) is 0 Å². The summed E-state index contributed by atoms with van der Waals surface area (Å²) in [5.74, 6) is -0.868. The van der Waals surface area contributed by atoms with E-state index >= 15 is 0 Å². The van der Waals surface area contributed by atoms with Gasteiger partial charge in [0.15, 0.2) is 6.10 Å². The number of carbonyl (C=O) groups excluding carboxylic acids is 2. The lowest BCUT2D eigenvalue weighted by Crippen LogP contribution is -2.29. The molecule has 0 aliphatic carbocycles. The van der Waals surface area contributed by atoms with Crippen molar-refractivity contribution in [1.29, 1.82) is 0 Å². The van der Waals surface area contributed by atoms with E-state index in [0.29, 0.717) is 12.8 Å². The Morgan fingerprint density at radius 3 is 1.46 bits per heavy atom. The van der Waals surface area contributed by atoms with Gasteiger partial charge in [0, 0.05) is 19.4 Å². The summed E-state index contributed by atoms with van der Waals surface area (Å²) in [7, 11) is -4.38. The zero-order valence-corrected chi connectivity index (χ0v) is 35.6. The van der Waals surface area contributed by atoms with Crippen LogP contribution in [-0.2, 0) is 32.7 Å². The number of phosphoric ester groups is 1. The first kappa shape index (κ1) is 52.2. The zero-order chi connectivity index (χ0) is 39.6. The smallest absolute Gasteiger partial charge is 0.462 e. The average molecular weight is 784 g/mol. The van der Waals surface area contributed by atoms with Crippen LogP contribution in [0.2, 0.25) is 0 Å². The number of phosphoric acid groups is 1. The summed E-state index contributed by atoms with van der Waals surface area (Å²) in [6.45, 7) is 3.68.